The summed E-state index contributed by atoms with van der Waals surface area (Å²) in [5.74, 6) is -0.381. The molecule has 8 heteroatoms. The van der Waals surface area contributed by atoms with Gasteiger partial charge in [0.2, 0.25) is 0 Å². The smallest absolute Gasteiger partial charge is 0.304 e. The van der Waals surface area contributed by atoms with Crippen LogP contribution in [0.2, 0.25) is 0 Å². The van der Waals surface area contributed by atoms with Gasteiger partial charge in [0.05, 0.1) is 15.1 Å². The lowest BCUT2D eigenvalue weighted by molar-refractivity contribution is -0.384. The molecule has 1 aromatic heterocycles. The number of carbonyl (C=O) groups excluding carboxylic acids is 1. The number of hydrogen-bond donors (Lipinski definition) is 0. The Kier molecular flexibility index (Phi) is 4.77. The minimum absolute atomic E-state index is 0.0299. The largest absolute Gasteiger partial charge is 0.446 e. The summed E-state index contributed by atoms with van der Waals surface area (Å²) in [6.07, 6.45) is 0. The molecule has 0 unspecified atom stereocenters. The van der Waals surface area contributed by atoms with Crippen LogP contribution in [0.4, 0.5) is 5.69 Å². The lowest BCUT2D eigenvalue weighted by atomic mass is 10.2. The van der Waals surface area contributed by atoms with E-state index in [-0.39, 0.29) is 11.7 Å². The molecule has 0 bridgehead atoms. The van der Waals surface area contributed by atoms with Crippen LogP contribution in [-0.2, 0) is 9.53 Å². The average Bonchev–Trinajstić information content (AvgIpc) is 2.96. The number of carbonyl (C=O) groups is 1. The number of nitro benzene ring substituents is 1. The molecule has 0 radical (unpaired) electrons. The van der Waals surface area contributed by atoms with Crippen molar-refractivity contribution in [1.82, 2.24) is 4.98 Å². The molecule has 0 amide bonds. The zero-order valence-electron chi connectivity index (χ0n) is 12.5. The van der Waals surface area contributed by atoms with Crippen molar-refractivity contribution in [3.05, 3.63) is 64.2 Å². The summed E-state index contributed by atoms with van der Waals surface area (Å²) in [6, 6.07) is 13.9. The van der Waals surface area contributed by atoms with Crippen LogP contribution in [0.1, 0.15) is 17.9 Å². The van der Waals surface area contributed by atoms with E-state index >= 15 is 0 Å². The van der Waals surface area contributed by atoms with Crippen molar-refractivity contribution in [1.29, 1.82) is 0 Å². The number of non-ortho nitro benzene ring substituents is 1. The minimum Gasteiger partial charge on any atom is -0.446 e. The monoisotopic (exact) mass is 360 g/mol. The quantitative estimate of drug-likeness (QED) is 0.218. The molecule has 0 spiro atoms. The van der Waals surface area contributed by atoms with Crippen LogP contribution >= 0.6 is 23.1 Å². The molecule has 0 aliphatic heterocycles. The Hall–Kier alpha value is -2.45. The minimum atomic E-state index is -0.515. The van der Waals surface area contributed by atoms with Gasteiger partial charge in [-0.15, -0.1) is 11.3 Å². The van der Waals surface area contributed by atoms with Crippen LogP contribution in [0, 0.1) is 10.1 Å². The molecule has 6 nitrogen and oxygen atoms in total. The SMILES string of the molecule is CC(=O)O[C@@H](Sc1nc2ccc([N+](=O)[O-])cc2s1)c1ccccc1. The van der Waals surface area contributed by atoms with Gasteiger partial charge in [-0.05, 0) is 17.8 Å². The van der Waals surface area contributed by atoms with Crippen LogP contribution in [0.5, 0.6) is 0 Å². The summed E-state index contributed by atoms with van der Waals surface area (Å²) in [5.41, 5.74) is 1.05. The van der Waals surface area contributed by atoms with Gasteiger partial charge in [0, 0.05) is 24.6 Å². The van der Waals surface area contributed by atoms with Gasteiger partial charge in [0.15, 0.2) is 9.78 Å². The summed E-state index contributed by atoms with van der Waals surface area (Å²) in [7, 11) is 0. The summed E-state index contributed by atoms with van der Waals surface area (Å²) < 4.78 is 6.79. The summed E-state index contributed by atoms with van der Waals surface area (Å²) in [4.78, 5) is 26.3. The number of hydrogen-bond acceptors (Lipinski definition) is 7. The fourth-order valence-electron chi connectivity index (χ4n) is 2.07. The van der Waals surface area contributed by atoms with Gasteiger partial charge in [-0.25, -0.2) is 4.98 Å². The zero-order chi connectivity index (χ0) is 17.1. The third-order valence-corrected chi connectivity index (χ3v) is 5.34. The number of thioether (sulfide) groups is 1. The van der Waals surface area contributed by atoms with E-state index in [1.54, 1.807) is 6.07 Å². The van der Waals surface area contributed by atoms with Crippen LogP contribution in [0.25, 0.3) is 10.2 Å². The van der Waals surface area contributed by atoms with E-state index in [0.29, 0.717) is 9.86 Å². The Labute approximate surface area is 145 Å². The van der Waals surface area contributed by atoms with Gasteiger partial charge in [0.1, 0.15) is 0 Å². The molecule has 0 fully saturated rings. The number of fused-ring (bicyclic) bond motifs is 1. The van der Waals surface area contributed by atoms with Gasteiger partial charge in [-0.2, -0.15) is 0 Å². The van der Waals surface area contributed by atoms with E-state index in [9.17, 15) is 14.9 Å². The van der Waals surface area contributed by atoms with Crippen molar-refractivity contribution in [2.24, 2.45) is 0 Å². The highest BCUT2D eigenvalue weighted by Crippen LogP contribution is 2.40. The number of aromatic nitrogens is 1. The molecule has 0 aliphatic carbocycles. The topological polar surface area (TPSA) is 82.3 Å². The van der Waals surface area contributed by atoms with Gasteiger partial charge >= 0.3 is 5.97 Å². The molecule has 0 aliphatic rings. The molecule has 3 rings (SSSR count). The van der Waals surface area contributed by atoms with Crippen LogP contribution < -0.4 is 0 Å². The number of thiazole rings is 1. The van der Waals surface area contributed by atoms with Crippen molar-refractivity contribution in [3.63, 3.8) is 0 Å². The third kappa shape index (κ3) is 3.72. The number of rotatable bonds is 5. The number of nitrogens with zero attached hydrogens (tertiary/aromatic N) is 2. The maximum atomic E-state index is 11.4. The first-order valence-corrected chi connectivity index (χ1v) is 8.66. The Bertz CT molecular complexity index is 895. The first-order valence-electron chi connectivity index (χ1n) is 6.97. The first kappa shape index (κ1) is 16.4. The van der Waals surface area contributed by atoms with Crippen molar-refractivity contribution in [2.45, 2.75) is 16.7 Å². The highest BCUT2D eigenvalue weighted by Gasteiger charge is 2.19. The molecule has 3 aromatic rings. The molecule has 0 saturated heterocycles. The molecule has 2 aromatic carbocycles. The van der Waals surface area contributed by atoms with Crippen LogP contribution in [0.15, 0.2) is 52.9 Å². The molecule has 24 heavy (non-hydrogen) atoms. The average molecular weight is 360 g/mol. The van der Waals surface area contributed by atoms with E-state index < -0.39 is 10.4 Å². The highest BCUT2D eigenvalue weighted by atomic mass is 32.2. The Morgan fingerprint density at radius 1 is 1.29 bits per heavy atom. The number of nitro groups is 1. The summed E-state index contributed by atoms with van der Waals surface area (Å²) in [6.45, 7) is 1.36. The second-order valence-electron chi connectivity index (χ2n) is 4.86. The Balaban J connectivity index is 1.90. The van der Waals surface area contributed by atoms with Gasteiger partial charge < -0.3 is 4.74 Å². The van der Waals surface area contributed by atoms with Gasteiger partial charge in [-0.1, -0.05) is 30.3 Å². The number of benzene rings is 2. The van der Waals surface area contributed by atoms with Crippen molar-refractivity contribution in [2.75, 3.05) is 0 Å². The van der Waals surface area contributed by atoms with E-state index in [1.807, 2.05) is 30.3 Å². The molecular weight excluding hydrogens is 348 g/mol. The first-order chi connectivity index (χ1) is 11.5. The normalized spacial score (nSPS) is 12.0. The lowest BCUT2D eigenvalue weighted by Gasteiger charge is -2.15. The maximum absolute atomic E-state index is 11.4. The van der Waals surface area contributed by atoms with E-state index in [4.69, 9.17) is 4.74 Å². The fourth-order valence-corrected chi connectivity index (χ4v) is 4.33. The highest BCUT2D eigenvalue weighted by molar-refractivity contribution is 8.01. The second kappa shape index (κ2) is 6.98. The number of ether oxygens (including phenoxy) is 1. The predicted octanol–water partition coefficient (Wildman–Crippen LogP) is 4.56. The molecule has 1 atom stereocenters. The van der Waals surface area contributed by atoms with E-state index in [2.05, 4.69) is 4.98 Å². The van der Waals surface area contributed by atoms with E-state index in [0.717, 1.165) is 10.3 Å². The third-order valence-electron chi connectivity index (χ3n) is 3.12. The van der Waals surface area contributed by atoms with Crippen LogP contribution in [0.3, 0.4) is 0 Å². The van der Waals surface area contributed by atoms with Crippen molar-refractivity contribution in [3.8, 4) is 0 Å². The van der Waals surface area contributed by atoms with Crippen molar-refractivity contribution < 1.29 is 14.5 Å². The molecule has 0 N–H and O–H groups in total. The molecular formula is C16H12N2O4S2. The molecule has 1 heterocycles. The Morgan fingerprint density at radius 2 is 2.04 bits per heavy atom. The van der Waals surface area contributed by atoms with E-state index in [1.165, 1.54) is 42.2 Å². The van der Waals surface area contributed by atoms with Crippen LogP contribution in [-0.4, -0.2) is 15.9 Å². The van der Waals surface area contributed by atoms with Gasteiger partial charge in [-0.3, -0.25) is 14.9 Å². The maximum Gasteiger partial charge on any atom is 0.304 e. The lowest BCUT2D eigenvalue weighted by Crippen LogP contribution is -2.05. The zero-order valence-corrected chi connectivity index (χ0v) is 14.2. The molecule has 122 valence electrons. The molecule has 0 saturated carbocycles. The van der Waals surface area contributed by atoms with Crippen molar-refractivity contribution >= 4 is 45.0 Å². The fraction of sp³-hybridized carbons (Fsp3) is 0.125. The summed E-state index contributed by atoms with van der Waals surface area (Å²) in [5, 5.41) is 10.9. The Morgan fingerprint density at radius 3 is 2.71 bits per heavy atom. The summed E-state index contributed by atoms with van der Waals surface area (Å²) >= 11 is 2.64. The predicted molar refractivity (Wildman–Crippen MR) is 93.1 cm³/mol. The van der Waals surface area contributed by atoms with Gasteiger partial charge in [0.25, 0.3) is 5.69 Å². The standard InChI is InChI=1S/C16H12N2O4S2/c1-10(19)22-15(11-5-3-2-4-6-11)24-16-17-13-8-7-12(18(20)21)9-14(13)23-16/h2-9,15H,1H3/t15-/m0/s1. The second-order valence-corrected chi connectivity index (χ2v) is 7.20. The number of esters is 1.